The molecule has 0 saturated heterocycles. The molecule has 1 aliphatic rings. The number of hydrogen-bond donors (Lipinski definition) is 0. The Morgan fingerprint density at radius 3 is 2.00 bits per heavy atom. The van der Waals surface area contributed by atoms with Crippen LogP contribution in [-0.4, -0.2) is 28.9 Å². The zero-order chi connectivity index (χ0) is 11.9. The van der Waals surface area contributed by atoms with Crippen molar-refractivity contribution in [1.82, 2.24) is 4.90 Å². The van der Waals surface area contributed by atoms with Gasteiger partial charge in [-0.05, 0) is 33.6 Å². The molecular formula is C9H14F3NO2. The van der Waals surface area contributed by atoms with Crippen molar-refractivity contribution in [3.63, 3.8) is 0 Å². The first-order valence-electron chi connectivity index (χ1n) is 4.70. The molecule has 0 spiro atoms. The molecule has 1 fully saturated rings. The predicted octanol–water partition coefficient (Wildman–Crippen LogP) is 2.91. The van der Waals surface area contributed by atoms with E-state index in [4.69, 9.17) is 4.74 Å². The number of halogens is 3. The van der Waals surface area contributed by atoms with Crippen LogP contribution in [-0.2, 0) is 4.74 Å². The highest BCUT2D eigenvalue weighted by Crippen LogP contribution is 2.36. The summed E-state index contributed by atoms with van der Waals surface area (Å²) in [4.78, 5) is 11.1. The van der Waals surface area contributed by atoms with Crippen LogP contribution in [0.15, 0.2) is 0 Å². The minimum atomic E-state index is -4.65. The fourth-order valence-corrected chi connectivity index (χ4v) is 1.10. The molecule has 15 heavy (non-hydrogen) atoms. The third kappa shape index (κ3) is 3.60. The largest absolute Gasteiger partial charge is 0.490 e. The number of carbonyl (C=O) groups excluding carboxylic acids is 1. The lowest BCUT2D eigenvalue weighted by molar-refractivity contribution is -0.236. The van der Waals surface area contributed by atoms with Gasteiger partial charge in [-0.25, -0.2) is 9.69 Å². The molecule has 1 saturated carbocycles. The normalized spacial score (nSPS) is 17.5. The standard InChI is InChI=1S/C9H14F3NO2/c1-8(2,3)15-7(14)13(6-4-5-6)9(10,11)12/h6H,4-5H2,1-3H3. The Labute approximate surface area is 86.2 Å². The predicted molar refractivity (Wildman–Crippen MR) is 47.2 cm³/mol. The average Bonchev–Trinajstić information content (AvgIpc) is 2.62. The summed E-state index contributed by atoms with van der Waals surface area (Å²) in [5.74, 6) is 0. The molecule has 0 bridgehead atoms. The van der Waals surface area contributed by atoms with Crippen molar-refractivity contribution in [1.29, 1.82) is 0 Å². The van der Waals surface area contributed by atoms with Gasteiger partial charge in [-0.1, -0.05) is 0 Å². The summed E-state index contributed by atoms with van der Waals surface area (Å²) in [6, 6.07) is -0.736. The van der Waals surface area contributed by atoms with E-state index in [9.17, 15) is 18.0 Å². The maximum absolute atomic E-state index is 12.5. The maximum Gasteiger partial charge on any atom is 0.490 e. The first-order valence-corrected chi connectivity index (χ1v) is 4.70. The minimum Gasteiger partial charge on any atom is -0.444 e. The lowest BCUT2D eigenvalue weighted by Gasteiger charge is -2.28. The number of nitrogens with zero attached hydrogens (tertiary/aromatic N) is 1. The molecule has 0 aromatic rings. The first-order chi connectivity index (χ1) is 6.61. The van der Waals surface area contributed by atoms with Crippen LogP contribution in [0.25, 0.3) is 0 Å². The monoisotopic (exact) mass is 225 g/mol. The summed E-state index contributed by atoms with van der Waals surface area (Å²) in [5.41, 5.74) is -0.907. The van der Waals surface area contributed by atoms with Crippen LogP contribution in [0.5, 0.6) is 0 Å². The Morgan fingerprint density at radius 2 is 1.73 bits per heavy atom. The summed E-state index contributed by atoms with van der Waals surface area (Å²) in [6.07, 6.45) is -5.18. The van der Waals surface area contributed by atoms with Gasteiger partial charge >= 0.3 is 12.4 Å². The summed E-state index contributed by atoms with van der Waals surface area (Å²) < 4.78 is 42.1. The van der Waals surface area contributed by atoms with Crippen molar-refractivity contribution >= 4 is 6.09 Å². The second kappa shape index (κ2) is 3.57. The number of hydrogen-bond acceptors (Lipinski definition) is 2. The molecule has 1 amide bonds. The quantitative estimate of drug-likeness (QED) is 0.642. The molecule has 1 aliphatic carbocycles. The first kappa shape index (κ1) is 12.1. The zero-order valence-electron chi connectivity index (χ0n) is 8.89. The van der Waals surface area contributed by atoms with Crippen LogP contribution >= 0.6 is 0 Å². The number of ether oxygens (including phenoxy) is 1. The molecule has 88 valence electrons. The highest BCUT2D eigenvalue weighted by molar-refractivity contribution is 5.69. The lowest BCUT2D eigenvalue weighted by atomic mass is 10.2. The van der Waals surface area contributed by atoms with Crippen LogP contribution in [0.1, 0.15) is 33.6 Å². The number of amides is 1. The van der Waals surface area contributed by atoms with Crippen molar-refractivity contribution in [2.75, 3.05) is 0 Å². The summed E-state index contributed by atoms with van der Waals surface area (Å²) >= 11 is 0. The van der Waals surface area contributed by atoms with Crippen molar-refractivity contribution < 1.29 is 22.7 Å². The fourth-order valence-electron chi connectivity index (χ4n) is 1.10. The van der Waals surface area contributed by atoms with E-state index in [1.54, 1.807) is 0 Å². The zero-order valence-corrected chi connectivity index (χ0v) is 8.89. The van der Waals surface area contributed by atoms with E-state index in [-0.39, 0.29) is 4.90 Å². The molecule has 3 nitrogen and oxygen atoms in total. The maximum atomic E-state index is 12.5. The molecule has 0 unspecified atom stereocenters. The van der Waals surface area contributed by atoms with Crippen LogP contribution < -0.4 is 0 Å². The number of rotatable bonds is 1. The van der Waals surface area contributed by atoms with Gasteiger partial charge in [0.15, 0.2) is 0 Å². The highest BCUT2D eigenvalue weighted by Gasteiger charge is 2.51. The van der Waals surface area contributed by atoms with E-state index in [0.717, 1.165) is 0 Å². The van der Waals surface area contributed by atoms with Crippen molar-refractivity contribution in [3.8, 4) is 0 Å². The summed E-state index contributed by atoms with van der Waals surface area (Å²) in [7, 11) is 0. The molecule has 0 atom stereocenters. The van der Waals surface area contributed by atoms with Crippen molar-refractivity contribution in [2.24, 2.45) is 0 Å². The van der Waals surface area contributed by atoms with Crippen LogP contribution in [0.4, 0.5) is 18.0 Å². The van der Waals surface area contributed by atoms with Crippen LogP contribution in [0, 0.1) is 0 Å². The molecule has 0 aliphatic heterocycles. The lowest BCUT2D eigenvalue weighted by Crippen LogP contribution is -2.46. The van der Waals surface area contributed by atoms with E-state index in [2.05, 4.69) is 0 Å². The topological polar surface area (TPSA) is 29.5 Å². The third-order valence-corrected chi connectivity index (χ3v) is 1.78. The van der Waals surface area contributed by atoms with Crippen molar-refractivity contribution in [3.05, 3.63) is 0 Å². The Hall–Kier alpha value is -0.940. The van der Waals surface area contributed by atoms with Crippen LogP contribution in [0.3, 0.4) is 0 Å². The van der Waals surface area contributed by atoms with Gasteiger partial charge in [-0.2, -0.15) is 0 Å². The van der Waals surface area contributed by atoms with E-state index >= 15 is 0 Å². The Morgan fingerprint density at radius 1 is 1.27 bits per heavy atom. The summed E-state index contributed by atoms with van der Waals surface area (Å²) in [5, 5.41) is 0. The van der Waals surface area contributed by atoms with Gasteiger partial charge in [0.2, 0.25) is 0 Å². The molecular weight excluding hydrogens is 211 g/mol. The Bertz CT molecular complexity index is 253. The molecule has 0 aromatic carbocycles. The van der Waals surface area contributed by atoms with Crippen molar-refractivity contribution in [2.45, 2.75) is 51.6 Å². The number of alkyl halides is 3. The van der Waals surface area contributed by atoms with Gasteiger partial charge in [-0.15, -0.1) is 13.2 Å². The Kier molecular flexibility index (Phi) is 2.89. The smallest absolute Gasteiger partial charge is 0.444 e. The second-order valence-electron chi connectivity index (χ2n) is 4.55. The van der Waals surface area contributed by atoms with Crippen LogP contribution in [0.2, 0.25) is 0 Å². The fraction of sp³-hybridized carbons (Fsp3) is 0.889. The molecule has 0 N–H and O–H groups in total. The molecule has 1 rings (SSSR count). The second-order valence-corrected chi connectivity index (χ2v) is 4.55. The third-order valence-electron chi connectivity index (χ3n) is 1.78. The van der Waals surface area contributed by atoms with Gasteiger partial charge in [-0.3, -0.25) is 0 Å². The molecule has 6 heteroatoms. The van der Waals surface area contributed by atoms with Gasteiger partial charge < -0.3 is 4.74 Å². The molecule has 0 aromatic heterocycles. The Balaban J connectivity index is 2.69. The summed E-state index contributed by atoms with van der Waals surface area (Å²) in [6.45, 7) is 4.60. The van der Waals surface area contributed by atoms with Gasteiger partial charge in [0.05, 0.1) is 0 Å². The molecule has 0 radical (unpaired) electrons. The van der Waals surface area contributed by atoms with E-state index in [1.807, 2.05) is 0 Å². The molecule has 0 heterocycles. The van der Waals surface area contributed by atoms with Gasteiger partial charge in [0, 0.05) is 6.04 Å². The van der Waals surface area contributed by atoms with E-state index in [0.29, 0.717) is 12.8 Å². The average molecular weight is 225 g/mol. The number of carbonyl (C=O) groups is 1. The van der Waals surface area contributed by atoms with Gasteiger partial charge in [0.1, 0.15) is 5.60 Å². The minimum absolute atomic E-state index is 0.127. The van der Waals surface area contributed by atoms with E-state index in [1.165, 1.54) is 20.8 Å². The highest BCUT2D eigenvalue weighted by atomic mass is 19.4. The van der Waals surface area contributed by atoms with Gasteiger partial charge in [0.25, 0.3) is 0 Å². The van der Waals surface area contributed by atoms with E-state index < -0.39 is 24.0 Å². The SMILES string of the molecule is CC(C)(C)OC(=O)N(C1CC1)C(F)(F)F.